The van der Waals surface area contributed by atoms with Gasteiger partial charge in [0.25, 0.3) is 5.91 Å². The zero-order valence-electron chi connectivity index (χ0n) is 15.1. The number of nitrogens with zero attached hydrogens (tertiary/aromatic N) is 2. The first kappa shape index (κ1) is 19.2. The van der Waals surface area contributed by atoms with Gasteiger partial charge in [0.15, 0.2) is 21.3 Å². The molecular formula is C17H21N3O6S. The SMILES string of the molecule is COc1ccc(NC(=O)C2=NN([C@@H]3CCS(=O)(=O)C3)C(=O)CC2)cc1OC. The number of hydrazone groups is 1. The predicted molar refractivity (Wildman–Crippen MR) is 98.7 cm³/mol. The molecule has 1 aromatic rings. The second-order valence-corrected chi connectivity index (χ2v) is 8.59. The molecule has 1 aromatic carbocycles. The van der Waals surface area contributed by atoms with E-state index >= 15 is 0 Å². The number of methoxy groups -OCH3 is 2. The normalized spacial score (nSPS) is 21.6. The van der Waals surface area contributed by atoms with Crippen LogP contribution >= 0.6 is 0 Å². The van der Waals surface area contributed by atoms with E-state index in [0.717, 1.165) is 5.01 Å². The number of carbonyl (C=O) groups excluding carboxylic acids is 2. The fourth-order valence-electron chi connectivity index (χ4n) is 3.11. The van der Waals surface area contributed by atoms with Crippen molar-refractivity contribution in [1.29, 1.82) is 0 Å². The lowest BCUT2D eigenvalue weighted by Crippen LogP contribution is -2.42. The van der Waals surface area contributed by atoms with Crippen LogP contribution in [0.25, 0.3) is 0 Å². The lowest BCUT2D eigenvalue weighted by atomic mass is 10.1. The monoisotopic (exact) mass is 395 g/mol. The first-order valence-electron chi connectivity index (χ1n) is 8.46. The lowest BCUT2D eigenvalue weighted by Gasteiger charge is -2.27. The summed E-state index contributed by atoms with van der Waals surface area (Å²) in [5, 5.41) is 8.03. The molecular weight excluding hydrogens is 374 g/mol. The smallest absolute Gasteiger partial charge is 0.271 e. The summed E-state index contributed by atoms with van der Waals surface area (Å²) < 4.78 is 33.7. The van der Waals surface area contributed by atoms with Crippen LogP contribution in [0.15, 0.2) is 23.3 Å². The second kappa shape index (κ2) is 7.55. The van der Waals surface area contributed by atoms with E-state index in [4.69, 9.17) is 9.47 Å². The van der Waals surface area contributed by atoms with Gasteiger partial charge in [-0.05, 0) is 18.6 Å². The third-order valence-electron chi connectivity index (χ3n) is 4.52. The molecule has 9 nitrogen and oxygen atoms in total. The van der Waals surface area contributed by atoms with Gasteiger partial charge in [0.05, 0.1) is 31.8 Å². The van der Waals surface area contributed by atoms with Gasteiger partial charge in [-0.25, -0.2) is 13.4 Å². The highest BCUT2D eigenvalue weighted by atomic mass is 32.2. The number of rotatable bonds is 5. The molecule has 1 atom stereocenters. The van der Waals surface area contributed by atoms with Crippen LogP contribution in [0.1, 0.15) is 19.3 Å². The molecule has 2 aliphatic heterocycles. The van der Waals surface area contributed by atoms with Crippen LogP contribution in [-0.2, 0) is 19.4 Å². The van der Waals surface area contributed by atoms with Crippen molar-refractivity contribution in [2.24, 2.45) is 5.10 Å². The van der Waals surface area contributed by atoms with E-state index in [0.29, 0.717) is 23.6 Å². The molecule has 3 rings (SSSR count). The minimum Gasteiger partial charge on any atom is -0.493 e. The largest absolute Gasteiger partial charge is 0.493 e. The summed E-state index contributed by atoms with van der Waals surface area (Å²) >= 11 is 0. The van der Waals surface area contributed by atoms with Crippen molar-refractivity contribution in [2.75, 3.05) is 31.0 Å². The van der Waals surface area contributed by atoms with Crippen molar-refractivity contribution in [3.05, 3.63) is 18.2 Å². The molecule has 10 heteroatoms. The molecule has 0 unspecified atom stereocenters. The van der Waals surface area contributed by atoms with E-state index in [-0.39, 0.29) is 36.0 Å². The number of amides is 2. The molecule has 1 fully saturated rings. The minimum absolute atomic E-state index is 0.0319. The van der Waals surface area contributed by atoms with E-state index in [1.54, 1.807) is 18.2 Å². The molecule has 1 saturated heterocycles. The lowest BCUT2D eigenvalue weighted by molar-refractivity contribution is -0.133. The highest BCUT2D eigenvalue weighted by Crippen LogP contribution is 2.30. The molecule has 0 aliphatic carbocycles. The Labute approximate surface area is 157 Å². The number of hydrogen-bond donors (Lipinski definition) is 1. The molecule has 0 radical (unpaired) electrons. The van der Waals surface area contributed by atoms with Crippen LogP contribution in [-0.4, -0.2) is 62.7 Å². The summed E-state index contributed by atoms with van der Waals surface area (Å²) in [4.78, 5) is 24.7. The van der Waals surface area contributed by atoms with E-state index < -0.39 is 21.8 Å². The number of ether oxygens (including phenoxy) is 2. The van der Waals surface area contributed by atoms with Gasteiger partial charge in [0.2, 0.25) is 5.91 Å². The summed E-state index contributed by atoms with van der Waals surface area (Å²) in [6.45, 7) is 0. The molecule has 27 heavy (non-hydrogen) atoms. The van der Waals surface area contributed by atoms with Gasteiger partial charge in [-0.1, -0.05) is 0 Å². The molecule has 2 amide bonds. The molecule has 2 aliphatic rings. The van der Waals surface area contributed by atoms with Gasteiger partial charge in [-0.3, -0.25) is 9.59 Å². The Bertz CT molecular complexity index is 896. The Morgan fingerprint density at radius 1 is 1.22 bits per heavy atom. The van der Waals surface area contributed by atoms with Gasteiger partial charge < -0.3 is 14.8 Å². The Hall–Kier alpha value is -2.62. The summed E-state index contributed by atoms with van der Waals surface area (Å²) in [7, 11) is -0.149. The molecule has 0 spiro atoms. The molecule has 0 bridgehead atoms. The maximum absolute atomic E-state index is 12.5. The number of sulfone groups is 1. The topological polar surface area (TPSA) is 114 Å². The van der Waals surface area contributed by atoms with Gasteiger partial charge in [-0.15, -0.1) is 0 Å². The van der Waals surface area contributed by atoms with Crippen LogP contribution in [0.2, 0.25) is 0 Å². The summed E-state index contributed by atoms with van der Waals surface area (Å²) in [6.07, 6.45) is 0.658. The zero-order valence-corrected chi connectivity index (χ0v) is 15.9. The highest BCUT2D eigenvalue weighted by Gasteiger charge is 2.37. The molecule has 146 valence electrons. The maximum Gasteiger partial charge on any atom is 0.271 e. The van der Waals surface area contributed by atoms with E-state index in [2.05, 4.69) is 10.4 Å². The first-order valence-corrected chi connectivity index (χ1v) is 10.3. The van der Waals surface area contributed by atoms with E-state index in [1.807, 2.05) is 0 Å². The maximum atomic E-state index is 12.5. The number of nitrogens with one attached hydrogen (secondary N) is 1. The van der Waals surface area contributed by atoms with Crippen molar-refractivity contribution in [3.63, 3.8) is 0 Å². The van der Waals surface area contributed by atoms with E-state index in [9.17, 15) is 18.0 Å². The van der Waals surface area contributed by atoms with Crippen molar-refractivity contribution < 1.29 is 27.5 Å². The molecule has 1 N–H and O–H groups in total. The molecule has 0 aromatic heterocycles. The van der Waals surface area contributed by atoms with Crippen molar-refractivity contribution in [2.45, 2.75) is 25.3 Å². The average Bonchev–Trinajstić information content (AvgIpc) is 3.01. The highest BCUT2D eigenvalue weighted by molar-refractivity contribution is 7.91. The third kappa shape index (κ3) is 4.21. The van der Waals surface area contributed by atoms with Gasteiger partial charge >= 0.3 is 0 Å². The third-order valence-corrected chi connectivity index (χ3v) is 6.27. The van der Waals surface area contributed by atoms with E-state index in [1.165, 1.54) is 14.2 Å². The van der Waals surface area contributed by atoms with Gasteiger partial charge in [0, 0.05) is 24.6 Å². The van der Waals surface area contributed by atoms with Crippen LogP contribution in [0.3, 0.4) is 0 Å². The Kier molecular flexibility index (Phi) is 5.36. The van der Waals surface area contributed by atoms with Crippen LogP contribution in [0.4, 0.5) is 5.69 Å². The van der Waals surface area contributed by atoms with Crippen molar-refractivity contribution in [3.8, 4) is 11.5 Å². The Balaban J connectivity index is 1.76. The standard InChI is InChI=1S/C17H21N3O6S/c1-25-14-5-3-11(9-15(14)26-2)18-17(22)13-4-6-16(21)20(19-13)12-7-8-27(23,24)10-12/h3,5,9,12H,4,6-8,10H2,1-2H3,(H,18,22)/t12-/m1/s1. The summed E-state index contributed by atoms with van der Waals surface area (Å²) in [5.74, 6) is 0.204. The van der Waals surface area contributed by atoms with Crippen LogP contribution < -0.4 is 14.8 Å². The number of benzene rings is 1. The summed E-state index contributed by atoms with van der Waals surface area (Å²) in [5.41, 5.74) is 0.681. The van der Waals surface area contributed by atoms with Crippen LogP contribution in [0, 0.1) is 0 Å². The number of hydrogen-bond acceptors (Lipinski definition) is 7. The minimum atomic E-state index is -3.16. The Morgan fingerprint density at radius 3 is 2.59 bits per heavy atom. The molecule has 0 saturated carbocycles. The van der Waals surface area contributed by atoms with Crippen LogP contribution in [0.5, 0.6) is 11.5 Å². The fraction of sp³-hybridized carbons (Fsp3) is 0.471. The fourth-order valence-corrected chi connectivity index (χ4v) is 4.80. The van der Waals surface area contributed by atoms with Gasteiger partial charge in [-0.2, -0.15) is 5.10 Å². The van der Waals surface area contributed by atoms with Gasteiger partial charge in [0.1, 0.15) is 5.71 Å². The predicted octanol–water partition coefficient (Wildman–Crippen LogP) is 0.808. The quantitative estimate of drug-likeness (QED) is 0.789. The average molecular weight is 395 g/mol. The summed E-state index contributed by atoms with van der Waals surface area (Å²) in [6, 6.07) is 4.43. The van der Waals surface area contributed by atoms with Crippen molar-refractivity contribution in [1.82, 2.24) is 5.01 Å². The number of carbonyl (C=O) groups is 2. The number of anilines is 1. The second-order valence-electron chi connectivity index (χ2n) is 6.37. The molecule has 2 heterocycles. The zero-order chi connectivity index (χ0) is 19.6. The van der Waals surface area contributed by atoms with Crippen molar-refractivity contribution >= 4 is 33.1 Å². The first-order chi connectivity index (χ1) is 12.8. The Morgan fingerprint density at radius 2 is 1.96 bits per heavy atom.